The number of nitrogens with zero attached hydrogens (tertiary/aromatic N) is 1. The fourth-order valence-corrected chi connectivity index (χ4v) is 5.64. The van der Waals surface area contributed by atoms with E-state index in [2.05, 4.69) is 5.32 Å². The number of rotatable bonds is 13. The Morgan fingerprint density at radius 3 is 2.12 bits per heavy atom. The van der Waals surface area contributed by atoms with Crippen LogP contribution in [0.4, 0.5) is 5.69 Å². The SMILES string of the molecule is COc1ccc(OC)c(N(CC(=O)NCCOc2ccc3ccccc3c2)S(=O)(=O)c2ccc(OC)c(OC)c2)c1. The topological polar surface area (TPSA) is 113 Å². The van der Waals surface area contributed by atoms with Crippen molar-refractivity contribution in [2.45, 2.75) is 4.90 Å². The molecular formula is C30H32N2O8S. The third kappa shape index (κ3) is 6.75. The van der Waals surface area contributed by atoms with Crippen LogP contribution in [-0.4, -0.2) is 62.5 Å². The van der Waals surface area contributed by atoms with Crippen molar-refractivity contribution in [3.63, 3.8) is 0 Å². The molecule has 0 bridgehead atoms. The molecule has 41 heavy (non-hydrogen) atoms. The van der Waals surface area contributed by atoms with Crippen LogP contribution in [0.15, 0.2) is 83.8 Å². The van der Waals surface area contributed by atoms with Crippen LogP contribution >= 0.6 is 0 Å². The predicted molar refractivity (Wildman–Crippen MR) is 156 cm³/mol. The summed E-state index contributed by atoms with van der Waals surface area (Å²) in [5.74, 6) is 1.33. The van der Waals surface area contributed by atoms with E-state index in [1.807, 2.05) is 42.5 Å². The predicted octanol–water partition coefficient (Wildman–Crippen LogP) is 4.26. The smallest absolute Gasteiger partial charge is 0.265 e. The van der Waals surface area contributed by atoms with Gasteiger partial charge >= 0.3 is 0 Å². The Bertz CT molecular complexity index is 1620. The van der Waals surface area contributed by atoms with Gasteiger partial charge in [0.05, 0.1) is 45.6 Å². The van der Waals surface area contributed by atoms with Crippen LogP contribution in [0.1, 0.15) is 0 Å². The largest absolute Gasteiger partial charge is 0.497 e. The molecule has 10 nitrogen and oxygen atoms in total. The van der Waals surface area contributed by atoms with Crippen LogP contribution in [0.25, 0.3) is 10.8 Å². The monoisotopic (exact) mass is 580 g/mol. The molecule has 1 amide bonds. The zero-order chi connectivity index (χ0) is 29.4. The van der Waals surface area contributed by atoms with E-state index in [-0.39, 0.29) is 35.2 Å². The highest BCUT2D eigenvalue weighted by Gasteiger charge is 2.31. The summed E-state index contributed by atoms with van der Waals surface area (Å²) >= 11 is 0. The summed E-state index contributed by atoms with van der Waals surface area (Å²) in [5, 5.41) is 4.87. The molecule has 0 aromatic heterocycles. The van der Waals surface area contributed by atoms with Gasteiger partial charge in [-0.2, -0.15) is 0 Å². The number of anilines is 1. The number of methoxy groups -OCH3 is 4. The number of carbonyl (C=O) groups is 1. The van der Waals surface area contributed by atoms with Crippen molar-refractivity contribution in [2.75, 3.05) is 52.4 Å². The lowest BCUT2D eigenvalue weighted by Crippen LogP contribution is -2.42. The molecule has 0 aliphatic carbocycles. The molecule has 0 radical (unpaired) electrons. The minimum absolute atomic E-state index is 0.104. The van der Waals surface area contributed by atoms with Gasteiger partial charge in [-0.15, -0.1) is 0 Å². The summed E-state index contributed by atoms with van der Waals surface area (Å²) in [7, 11) is 1.44. The van der Waals surface area contributed by atoms with Crippen molar-refractivity contribution in [1.29, 1.82) is 0 Å². The second-order valence-electron chi connectivity index (χ2n) is 8.77. The van der Waals surface area contributed by atoms with Crippen LogP contribution in [-0.2, 0) is 14.8 Å². The van der Waals surface area contributed by atoms with Crippen molar-refractivity contribution in [3.8, 4) is 28.7 Å². The number of carbonyl (C=O) groups excluding carboxylic acids is 1. The molecule has 0 aliphatic heterocycles. The number of amides is 1. The highest BCUT2D eigenvalue weighted by Crippen LogP contribution is 2.37. The molecule has 4 aromatic rings. The first-order chi connectivity index (χ1) is 19.8. The number of ether oxygens (including phenoxy) is 5. The Labute approximate surface area is 239 Å². The van der Waals surface area contributed by atoms with E-state index < -0.39 is 22.5 Å². The van der Waals surface area contributed by atoms with Crippen LogP contribution in [0.2, 0.25) is 0 Å². The summed E-state index contributed by atoms with van der Waals surface area (Å²) in [6.45, 7) is -0.184. The maximum Gasteiger partial charge on any atom is 0.265 e. The number of nitrogens with one attached hydrogen (secondary N) is 1. The second-order valence-corrected chi connectivity index (χ2v) is 10.6. The van der Waals surface area contributed by atoms with Crippen molar-refractivity contribution < 1.29 is 36.9 Å². The molecule has 4 aromatic carbocycles. The van der Waals surface area contributed by atoms with Gasteiger partial charge in [0, 0.05) is 12.1 Å². The zero-order valence-electron chi connectivity index (χ0n) is 23.2. The second kappa shape index (κ2) is 13.1. The summed E-state index contributed by atoms with van der Waals surface area (Å²) in [6, 6.07) is 22.6. The Hall–Kier alpha value is -4.64. The standard InChI is InChI=1S/C30H32N2O8S/c1-36-23-11-13-27(37-2)26(18-23)32(41(34,35)25-12-14-28(38-3)29(19-25)39-4)20-30(33)31-15-16-40-24-10-9-21-7-5-6-8-22(21)17-24/h5-14,17-19H,15-16,20H2,1-4H3,(H,31,33). The zero-order valence-corrected chi connectivity index (χ0v) is 24.1. The van der Waals surface area contributed by atoms with E-state index in [4.69, 9.17) is 23.7 Å². The number of fused-ring (bicyclic) bond motifs is 1. The molecule has 0 unspecified atom stereocenters. The molecule has 216 valence electrons. The molecular weight excluding hydrogens is 548 g/mol. The fraction of sp³-hybridized carbons (Fsp3) is 0.233. The van der Waals surface area contributed by atoms with Crippen molar-refractivity contribution in [2.24, 2.45) is 0 Å². The minimum Gasteiger partial charge on any atom is -0.497 e. The van der Waals surface area contributed by atoms with Gasteiger partial charge in [-0.25, -0.2) is 8.42 Å². The molecule has 0 fully saturated rings. The number of benzene rings is 4. The molecule has 1 N–H and O–H groups in total. The first-order valence-corrected chi connectivity index (χ1v) is 14.1. The maximum atomic E-state index is 14.0. The van der Waals surface area contributed by atoms with E-state index in [0.29, 0.717) is 17.2 Å². The first-order valence-electron chi connectivity index (χ1n) is 12.7. The highest BCUT2D eigenvalue weighted by atomic mass is 32.2. The van der Waals surface area contributed by atoms with Gasteiger partial charge in [-0.1, -0.05) is 30.3 Å². The molecule has 0 atom stereocenters. The summed E-state index contributed by atoms with van der Waals surface area (Å²) in [6.07, 6.45) is 0. The normalized spacial score (nSPS) is 11.0. The minimum atomic E-state index is -4.29. The summed E-state index contributed by atoms with van der Waals surface area (Å²) < 4.78 is 56.0. The molecule has 0 heterocycles. The Morgan fingerprint density at radius 2 is 1.41 bits per heavy atom. The Balaban J connectivity index is 1.55. The average molecular weight is 581 g/mol. The van der Waals surface area contributed by atoms with Crippen molar-refractivity contribution in [3.05, 3.63) is 78.9 Å². The Morgan fingerprint density at radius 1 is 0.732 bits per heavy atom. The van der Waals surface area contributed by atoms with E-state index in [0.717, 1.165) is 15.1 Å². The van der Waals surface area contributed by atoms with Gasteiger partial charge in [0.25, 0.3) is 10.0 Å². The number of hydrogen-bond donors (Lipinski definition) is 1. The molecule has 0 saturated heterocycles. The van der Waals surface area contributed by atoms with Gasteiger partial charge in [0.2, 0.25) is 5.91 Å². The number of hydrogen-bond acceptors (Lipinski definition) is 8. The molecule has 0 spiro atoms. The molecule has 11 heteroatoms. The van der Waals surface area contributed by atoms with Gasteiger partial charge in [-0.3, -0.25) is 9.10 Å². The van der Waals surface area contributed by atoms with Gasteiger partial charge in [-0.05, 0) is 47.2 Å². The first kappa shape index (κ1) is 29.3. The highest BCUT2D eigenvalue weighted by molar-refractivity contribution is 7.92. The van der Waals surface area contributed by atoms with Crippen LogP contribution in [0.3, 0.4) is 0 Å². The van der Waals surface area contributed by atoms with Gasteiger partial charge in [0.15, 0.2) is 11.5 Å². The van der Waals surface area contributed by atoms with Gasteiger partial charge in [0.1, 0.15) is 30.4 Å². The lowest BCUT2D eigenvalue weighted by atomic mass is 10.1. The van der Waals surface area contributed by atoms with Gasteiger partial charge < -0.3 is 29.0 Å². The average Bonchev–Trinajstić information content (AvgIpc) is 3.01. The van der Waals surface area contributed by atoms with E-state index in [1.165, 1.54) is 52.7 Å². The number of sulfonamides is 1. The molecule has 4 rings (SSSR count). The van der Waals surface area contributed by atoms with Crippen LogP contribution in [0, 0.1) is 0 Å². The molecule has 0 aliphatic rings. The quantitative estimate of drug-likeness (QED) is 0.234. The van der Waals surface area contributed by atoms with E-state index in [9.17, 15) is 13.2 Å². The van der Waals surface area contributed by atoms with E-state index in [1.54, 1.807) is 12.1 Å². The fourth-order valence-electron chi connectivity index (χ4n) is 4.20. The Kier molecular flexibility index (Phi) is 9.41. The van der Waals surface area contributed by atoms with Crippen LogP contribution in [0.5, 0.6) is 28.7 Å². The third-order valence-corrected chi connectivity index (χ3v) is 8.05. The summed E-state index contributed by atoms with van der Waals surface area (Å²) in [4.78, 5) is 13.0. The summed E-state index contributed by atoms with van der Waals surface area (Å²) in [5.41, 5.74) is 0.129. The van der Waals surface area contributed by atoms with Crippen molar-refractivity contribution >= 4 is 32.4 Å². The lowest BCUT2D eigenvalue weighted by molar-refractivity contribution is -0.119. The van der Waals surface area contributed by atoms with Crippen LogP contribution < -0.4 is 33.3 Å². The van der Waals surface area contributed by atoms with Crippen molar-refractivity contribution in [1.82, 2.24) is 5.32 Å². The van der Waals surface area contributed by atoms with E-state index >= 15 is 0 Å². The molecule has 0 saturated carbocycles. The lowest BCUT2D eigenvalue weighted by Gasteiger charge is -2.26. The third-order valence-electron chi connectivity index (χ3n) is 6.30. The maximum absolute atomic E-state index is 14.0.